The predicted octanol–water partition coefficient (Wildman–Crippen LogP) is 2.64. The van der Waals surface area contributed by atoms with Crippen LogP contribution in [0.15, 0.2) is 21.3 Å². The second kappa shape index (κ2) is 3.25. The minimum atomic E-state index is -0.290. The topological polar surface area (TPSA) is 50.4 Å². The lowest BCUT2D eigenvalue weighted by atomic mass is 10.1. The fraction of sp³-hybridized carbons (Fsp3) is 0.250. The maximum absolute atomic E-state index is 11.6. The monoisotopic (exact) mass is 236 g/mol. The van der Waals surface area contributed by atoms with Crippen molar-refractivity contribution in [3.63, 3.8) is 0 Å². The highest BCUT2D eigenvalue weighted by Crippen LogP contribution is 2.33. The summed E-state index contributed by atoms with van der Waals surface area (Å²) in [6, 6.07) is 3.07. The van der Waals surface area contributed by atoms with Crippen LogP contribution in [0, 0.1) is 0 Å². The van der Waals surface area contributed by atoms with Crippen LogP contribution in [0.5, 0.6) is 5.75 Å². The Hall–Kier alpha value is -1.48. The van der Waals surface area contributed by atoms with Crippen molar-refractivity contribution < 1.29 is 9.52 Å². The van der Waals surface area contributed by atoms with Crippen molar-refractivity contribution in [2.45, 2.75) is 19.3 Å². The van der Waals surface area contributed by atoms with Crippen molar-refractivity contribution in [2.24, 2.45) is 0 Å². The van der Waals surface area contributed by atoms with Crippen molar-refractivity contribution >= 4 is 22.6 Å². The SMILES string of the molecule is O=c1oc2cc(O)c(Cl)cc2c2c1CCC2. The minimum Gasteiger partial charge on any atom is -0.506 e. The molecule has 1 aliphatic rings. The average Bonchev–Trinajstić information content (AvgIpc) is 2.71. The van der Waals surface area contributed by atoms with Gasteiger partial charge in [-0.2, -0.15) is 0 Å². The van der Waals surface area contributed by atoms with E-state index < -0.39 is 0 Å². The molecule has 16 heavy (non-hydrogen) atoms. The van der Waals surface area contributed by atoms with E-state index in [4.69, 9.17) is 16.0 Å². The molecule has 0 fully saturated rings. The molecule has 82 valence electrons. The van der Waals surface area contributed by atoms with Gasteiger partial charge in [0.1, 0.15) is 11.3 Å². The van der Waals surface area contributed by atoms with Crippen LogP contribution in [0.2, 0.25) is 5.02 Å². The van der Waals surface area contributed by atoms with E-state index >= 15 is 0 Å². The van der Waals surface area contributed by atoms with Crippen LogP contribution in [0.25, 0.3) is 11.0 Å². The van der Waals surface area contributed by atoms with Crippen LogP contribution >= 0.6 is 11.6 Å². The predicted molar refractivity (Wildman–Crippen MR) is 61.2 cm³/mol. The molecule has 0 bridgehead atoms. The van der Waals surface area contributed by atoms with Gasteiger partial charge in [-0.1, -0.05) is 11.6 Å². The molecule has 0 saturated heterocycles. The van der Waals surface area contributed by atoms with Gasteiger partial charge in [0.05, 0.1) is 5.02 Å². The maximum Gasteiger partial charge on any atom is 0.339 e. The average molecular weight is 237 g/mol. The van der Waals surface area contributed by atoms with E-state index in [1.807, 2.05) is 0 Å². The second-order valence-electron chi connectivity index (χ2n) is 4.00. The smallest absolute Gasteiger partial charge is 0.339 e. The van der Waals surface area contributed by atoms with Gasteiger partial charge in [0.2, 0.25) is 0 Å². The molecule has 0 amide bonds. The van der Waals surface area contributed by atoms with E-state index in [1.165, 1.54) is 6.07 Å². The molecule has 1 aromatic carbocycles. The third kappa shape index (κ3) is 1.25. The lowest BCUT2D eigenvalue weighted by molar-refractivity contribution is 0.473. The van der Waals surface area contributed by atoms with Crippen LogP contribution < -0.4 is 5.63 Å². The third-order valence-electron chi connectivity index (χ3n) is 3.04. The van der Waals surface area contributed by atoms with Gasteiger partial charge < -0.3 is 9.52 Å². The van der Waals surface area contributed by atoms with Gasteiger partial charge in [0.25, 0.3) is 0 Å². The number of aromatic hydroxyl groups is 1. The van der Waals surface area contributed by atoms with Gasteiger partial charge in [0.15, 0.2) is 0 Å². The summed E-state index contributed by atoms with van der Waals surface area (Å²) in [6.07, 6.45) is 2.61. The summed E-state index contributed by atoms with van der Waals surface area (Å²) in [5.41, 5.74) is 1.90. The van der Waals surface area contributed by atoms with Crippen molar-refractivity contribution in [1.82, 2.24) is 0 Å². The highest BCUT2D eigenvalue weighted by atomic mass is 35.5. The Kier molecular flexibility index (Phi) is 1.98. The number of aryl methyl sites for hydroxylation is 1. The van der Waals surface area contributed by atoms with E-state index in [9.17, 15) is 9.90 Å². The zero-order valence-corrected chi connectivity index (χ0v) is 9.17. The van der Waals surface area contributed by atoms with Crippen molar-refractivity contribution in [3.05, 3.63) is 38.7 Å². The summed E-state index contributed by atoms with van der Waals surface area (Å²) < 4.78 is 5.17. The van der Waals surface area contributed by atoms with Crippen LogP contribution in [-0.2, 0) is 12.8 Å². The van der Waals surface area contributed by atoms with Gasteiger partial charge in [-0.15, -0.1) is 0 Å². The largest absolute Gasteiger partial charge is 0.506 e. The second-order valence-corrected chi connectivity index (χ2v) is 4.41. The van der Waals surface area contributed by atoms with Crippen LogP contribution in [0.3, 0.4) is 0 Å². The molecular formula is C12H9ClO3. The maximum atomic E-state index is 11.6. The summed E-state index contributed by atoms with van der Waals surface area (Å²) in [5, 5.41) is 10.6. The molecule has 0 aliphatic heterocycles. The Balaban J connectivity index is 2.48. The first-order valence-corrected chi connectivity index (χ1v) is 5.51. The lowest BCUT2D eigenvalue weighted by Gasteiger charge is -2.05. The quantitative estimate of drug-likeness (QED) is 0.716. The first-order valence-electron chi connectivity index (χ1n) is 5.14. The van der Waals surface area contributed by atoms with E-state index in [1.54, 1.807) is 6.07 Å². The molecule has 1 N–H and O–H groups in total. The Labute approximate surface area is 96.3 Å². The number of benzene rings is 1. The fourth-order valence-corrected chi connectivity index (χ4v) is 2.45. The molecule has 0 spiro atoms. The lowest BCUT2D eigenvalue weighted by Crippen LogP contribution is -2.06. The summed E-state index contributed by atoms with van der Waals surface area (Å²) >= 11 is 5.86. The number of hydrogen-bond acceptors (Lipinski definition) is 3. The van der Waals surface area contributed by atoms with Crippen LogP contribution in [0.1, 0.15) is 17.5 Å². The van der Waals surface area contributed by atoms with Crippen molar-refractivity contribution in [1.29, 1.82) is 0 Å². The molecule has 3 rings (SSSR count). The first kappa shape index (κ1) is 9.73. The van der Waals surface area contributed by atoms with E-state index in [-0.39, 0.29) is 16.4 Å². The Morgan fingerprint density at radius 2 is 2.00 bits per heavy atom. The Bertz CT molecular complexity index is 643. The Morgan fingerprint density at radius 3 is 2.81 bits per heavy atom. The Morgan fingerprint density at radius 1 is 1.25 bits per heavy atom. The standard InChI is InChI=1S/C12H9ClO3/c13-9-4-8-6-2-1-3-7(6)12(15)16-11(8)5-10(9)14/h4-5,14H,1-3H2. The molecule has 1 aliphatic carbocycles. The third-order valence-corrected chi connectivity index (χ3v) is 3.34. The molecule has 1 aromatic heterocycles. The minimum absolute atomic E-state index is 0.0599. The normalized spacial score (nSPS) is 14.3. The number of phenolic OH excluding ortho intramolecular Hbond substituents is 1. The van der Waals surface area contributed by atoms with Gasteiger partial charge >= 0.3 is 5.63 Å². The number of halogens is 1. The molecule has 0 atom stereocenters. The zero-order chi connectivity index (χ0) is 11.3. The number of hydrogen-bond donors (Lipinski definition) is 1. The molecule has 0 saturated carbocycles. The first-order chi connectivity index (χ1) is 7.66. The molecule has 4 heteroatoms. The van der Waals surface area contributed by atoms with E-state index in [0.717, 1.165) is 35.8 Å². The number of phenols is 1. The van der Waals surface area contributed by atoms with Gasteiger partial charge in [-0.3, -0.25) is 0 Å². The number of fused-ring (bicyclic) bond motifs is 3. The zero-order valence-electron chi connectivity index (χ0n) is 8.42. The van der Waals surface area contributed by atoms with Crippen molar-refractivity contribution in [3.8, 4) is 5.75 Å². The summed E-state index contributed by atoms with van der Waals surface area (Å²) in [5.74, 6) is -0.0599. The van der Waals surface area contributed by atoms with Crippen LogP contribution in [0.4, 0.5) is 0 Å². The van der Waals surface area contributed by atoms with E-state index in [0.29, 0.717) is 5.58 Å². The molecule has 0 radical (unpaired) electrons. The summed E-state index contributed by atoms with van der Waals surface area (Å²) in [4.78, 5) is 11.6. The molecule has 0 unspecified atom stereocenters. The van der Waals surface area contributed by atoms with Gasteiger partial charge in [0, 0.05) is 17.0 Å². The van der Waals surface area contributed by atoms with E-state index in [2.05, 4.69) is 0 Å². The van der Waals surface area contributed by atoms with Crippen LogP contribution in [-0.4, -0.2) is 5.11 Å². The fourth-order valence-electron chi connectivity index (χ4n) is 2.29. The van der Waals surface area contributed by atoms with Crippen molar-refractivity contribution in [2.75, 3.05) is 0 Å². The highest BCUT2D eigenvalue weighted by Gasteiger charge is 2.20. The summed E-state index contributed by atoms with van der Waals surface area (Å²) in [7, 11) is 0. The molecule has 1 heterocycles. The van der Waals surface area contributed by atoms with Gasteiger partial charge in [-0.25, -0.2) is 4.79 Å². The van der Waals surface area contributed by atoms with Gasteiger partial charge in [-0.05, 0) is 30.9 Å². The number of rotatable bonds is 0. The molecular weight excluding hydrogens is 228 g/mol. The summed E-state index contributed by atoms with van der Waals surface area (Å²) in [6.45, 7) is 0. The highest BCUT2D eigenvalue weighted by molar-refractivity contribution is 6.32. The molecule has 2 aromatic rings. The molecule has 3 nitrogen and oxygen atoms in total.